The highest BCUT2D eigenvalue weighted by molar-refractivity contribution is 6.04. The van der Waals surface area contributed by atoms with Gasteiger partial charge in [0.05, 0.1) is 5.52 Å². The predicted octanol–water partition coefficient (Wildman–Crippen LogP) is 1.54. The lowest BCUT2D eigenvalue weighted by Gasteiger charge is -2.16. The van der Waals surface area contributed by atoms with E-state index in [0.29, 0.717) is 13.0 Å². The highest BCUT2D eigenvalue weighted by Crippen LogP contribution is 2.32. The van der Waals surface area contributed by atoms with Crippen LogP contribution in [0.1, 0.15) is 36.1 Å². The summed E-state index contributed by atoms with van der Waals surface area (Å²) < 4.78 is 2.41. The number of aryl methyl sites for hydroxylation is 2. The van der Waals surface area contributed by atoms with Gasteiger partial charge in [-0.2, -0.15) is 0 Å². The number of para-hydroxylation sites is 1. The molecule has 7 heteroatoms. The normalized spacial score (nSPS) is 18.5. The smallest absolute Gasteiger partial charge is 0.322 e. The first-order valence-corrected chi connectivity index (χ1v) is 9.52. The number of benzene rings is 1. The molecule has 2 aliphatic rings. The first kappa shape index (κ1) is 17.6. The zero-order valence-corrected chi connectivity index (χ0v) is 15.4. The van der Waals surface area contributed by atoms with Crippen LogP contribution in [0.3, 0.4) is 0 Å². The van der Waals surface area contributed by atoms with Crippen LogP contribution in [0.2, 0.25) is 0 Å². The molecule has 27 heavy (non-hydrogen) atoms. The lowest BCUT2D eigenvalue weighted by Crippen LogP contribution is -2.32. The fraction of sp³-hybridized carbons (Fsp3) is 0.450. The summed E-state index contributed by atoms with van der Waals surface area (Å²) >= 11 is 0. The number of imide groups is 1. The Balaban J connectivity index is 1.35. The summed E-state index contributed by atoms with van der Waals surface area (Å²) in [6.45, 7) is 3.78. The van der Waals surface area contributed by atoms with Crippen molar-refractivity contribution in [2.45, 2.75) is 51.6 Å². The molecule has 4 amide bonds. The highest BCUT2D eigenvalue weighted by Gasteiger charge is 2.29. The summed E-state index contributed by atoms with van der Waals surface area (Å²) in [4.78, 5) is 34.7. The minimum Gasteiger partial charge on any atom is -0.356 e. The molecule has 1 atom stereocenters. The fourth-order valence-electron chi connectivity index (χ4n) is 4.26. The van der Waals surface area contributed by atoms with Crippen LogP contribution in [0.15, 0.2) is 18.2 Å². The molecule has 1 saturated heterocycles. The maximum absolute atomic E-state index is 12.1. The van der Waals surface area contributed by atoms with E-state index in [1.54, 1.807) is 0 Å². The minimum atomic E-state index is -0.608. The number of urea groups is 1. The number of carbonyl (C=O) groups excluding carboxylic acids is 3. The number of nitrogens with one attached hydrogen (secondary N) is 3. The number of carbonyl (C=O) groups is 3. The Morgan fingerprint density at radius 1 is 1.33 bits per heavy atom. The zero-order valence-electron chi connectivity index (χ0n) is 15.4. The SMILES string of the molecule is Cc1c(CCNC(=O)CC[C@H]2NC(=O)NC2=O)c2cccc3c2n1CCC3. The molecule has 4 rings (SSSR count). The molecular formula is C20H24N4O3. The third-order valence-corrected chi connectivity index (χ3v) is 5.60. The van der Waals surface area contributed by atoms with Crippen molar-refractivity contribution in [2.75, 3.05) is 6.54 Å². The number of amides is 4. The average molecular weight is 368 g/mol. The molecule has 3 N–H and O–H groups in total. The van der Waals surface area contributed by atoms with Crippen LogP contribution in [-0.2, 0) is 29.0 Å². The van der Waals surface area contributed by atoms with E-state index < -0.39 is 12.1 Å². The second-order valence-electron chi connectivity index (χ2n) is 7.29. The zero-order chi connectivity index (χ0) is 19.0. The molecule has 0 bridgehead atoms. The summed E-state index contributed by atoms with van der Waals surface area (Å²) in [7, 11) is 0. The number of rotatable bonds is 6. The van der Waals surface area contributed by atoms with Gasteiger partial charge in [0.15, 0.2) is 0 Å². The molecule has 7 nitrogen and oxygen atoms in total. The van der Waals surface area contributed by atoms with E-state index in [2.05, 4.69) is 45.6 Å². The molecule has 0 saturated carbocycles. The van der Waals surface area contributed by atoms with Gasteiger partial charge < -0.3 is 15.2 Å². The largest absolute Gasteiger partial charge is 0.356 e. The van der Waals surface area contributed by atoms with Crippen LogP contribution in [0.4, 0.5) is 4.79 Å². The maximum atomic E-state index is 12.1. The molecule has 1 aromatic carbocycles. The Bertz CT molecular complexity index is 931. The van der Waals surface area contributed by atoms with Crippen molar-refractivity contribution in [3.05, 3.63) is 35.0 Å². The molecule has 0 unspecified atom stereocenters. The third kappa shape index (κ3) is 3.29. The maximum Gasteiger partial charge on any atom is 0.322 e. The van der Waals surface area contributed by atoms with Crippen LogP contribution in [-0.4, -0.2) is 35.0 Å². The van der Waals surface area contributed by atoms with Crippen LogP contribution < -0.4 is 16.0 Å². The fourth-order valence-corrected chi connectivity index (χ4v) is 4.26. The van der Waals surface area contributed by atoms with Gasteiger partial charge in [0.1, 0.15) is 6.04 Å². The van der Waals surface area contributed by atoms with Gasteiger partial charge in [-0.15, -0.1) is 0 Å². The molecule has 2 aromatic rings. The second-order valence-corrected chi connectivity index (χ2v) is 7.29. The van der Waals surface area contributed by atoms with E-state index in [9.17, 15) is 14.4 Å². The number of hydrogen-bond donors (Lipinski definition) is 3. The molecule has 0 radical (unpaired) electrons. The van der Waals surface area contributed by atoms with Crippen LogP contribution in [0.25, 0.3) is 10.9 Å². The highest BCUT2D eigenvalue weighted by atomic mass is 16.2. The van der Waals surface area contributed by atoms with Crippen LogP contribution in [0, 0.1) is 6.92 Å². The summed E-state index contributed by atoms with van der Waals surface area (Å²) in [6.07, 6.45) is 3.60. The summed E-state index contributed by atoms with van der Waals surface area (Å²) in [6, 6.07) is 5.40. The first-order valence-electron chi connectivity index (χ1n) is 9.52. The Kier molecular flexibility index (Phi) is 4.59. The van der Waals surface area contributed by atoms with Crippen molar-refractivity contribution in [3.63, 3.8) is 0 Å². The van der Waals surface area contributed by atoms with Gasteiger partial charge in [-0.3, -0.25) is 14.9 Å². The quantitative estimate of drug-likeness (QED) is 0.676. The van der Waals surface area contributed by atoms with Crippen molar-refractivity contribution in [1.82, 2.24) is 20.5 Å². The van der Waals surface area contributed by atoms with Gasteiger partial charge in [-0.05, 0) is 43.7 Å². The third-order valence-electron chi connectivity index (χ3n) is 5.60. The van der Waals surface area contributed by atoms with Gasteiger partial charge in [0.25, 0.3) is 5.91 Å². The summed E-state index contributed by atoms with van der Waals surface area (Å²) in [5, 5.41) is 8.91. The Morgan fingerprint density at radius 2 is 2.19 bits per heavy atom. The Labute approximate surface area is 157 Å². The van der Waals surface area contributed by atoms with Crippen molar-refractivity contribution >= 4 is 28.7 Å². The van der Waals surface area contributed by atoms with Gasteiger partial charge in [0.2, 0.25) is 5.91 Å². The Morgan fingerprint density at radius 3 is 2.96 bits per heavy atom. The number of aromatic nitrogens is 1. The monoisotopic (exact) mass is 368 g/mol. The number of hydrogen-bond acceptors (Lipinski definition) is 3. The topological polar surface area (TPSA) is 92.2 Å². The molecule has 1 aromatic heterocycles. The van der Waals surface area contributed by atoms with E-state index >= 15 is 0 Å². The first-order chi connectivity index (χ1) is 13.0. The van der Waals surface area contributed by atoms with Crippen molar-refractivity contribution in [1.29, 1.82) is 0 Å². The molecular weight excluding hydrogens is 344 g/mol. The summed E-state index contributed by atoms with van der Waals surface area (Å²) in [5.74, 6) is -0.465. The van der Waals surface area contributed by atoms with Crippen molar-refractivity contribution < 1.29 is 14.4 Å². The van der Waals surface area contributed by atoms with Crippen LogP contribution in [0.5, 0.6) is 0 Å². The standard InChI is InChI=1S/C20H24N4O3/c1-12-14(15-6-2-4-13-5-3-11-24(12)18(13)15)9-10-21-17(25)8-7-16-19(26)23-20(27)22-16/h2,4,6,16H,3,5,7-11H2,1H3,(H,21,25)(H2,22,23,26,27)/t16-/m1/s1. The van der Waals surface area contributed by atoms with E-state index in [4.69, 9.17) is 0 Å². The minimum absolute atomic E-state index is 0.102. The van der Waals surface area contributed by atoms with Crippen LogP contribution >= 0.6 is 0 Å². The van der Waals surface area contributed by atoms with Gasteiger partial charge in [-0.1, -0.05) is 18.2 Å². The van der Waals surface area contributed by atoms with Crippen molar-refractivity contribution in [3.8, 4) is 0 Å². The van der Waals surface area contributed by atoms with Gasteiger partial charge >= 0.3 is 6.03 Å². The molecule has 3 heterocycles. The molecule has 142 valence electrons. The Hall–Kier alpha value is -2.83. The number of nitrogens with zero attached hydrogens (tertiary/aromatic N) is 1. The van der Waals surface area contributed by atoms with E-state index in [1.807, 2.05) is 0 Å². The average Bonchev–Trinajstić information content (AvgIpc) is 3.12. The lowest BCUT2D eigenvalue weighted by atomic mass is 10.0. The lowest BCUT2D eigenvalue weighted by molar-refractivity contribution is -0.122. The van der Waals surface area contributed by atoms with Crippen molar-refractivity contribution in [2.24, 2.45) is 0 Å². The van der Waals surface area contributed by atoms with Gasteiger partial charge in [0, 0.05) is 30.6 Å². The van der Waals surface area contributed by atoms with E-state index in [-0.39, 0.29) is 18.2 Å². The van der Waals surface area contributed by atoms with E-state index in [0.717, 1.165) is 19.4 Å². The second kappa shape index (κ2) is 7.06. The molecule has 0 spiro atoms. The van der Waals surface area contributed by atoms with Gasteiger partial charge in [-0.25, -0.2) is 4.79 Å². The molecule has 1 fully saturated rings. The van der Waals surface area contributed by atoms with E-state index in [1.165, 1.54) is 34.1 Å². The summed E-state index contributed by atoms with van der Waals surface area (Å²) in [5.41, 5.74) is 5.35. The molecule has 0 aliphatic carbocycles. The predicted molar refractivity (Wildman–Crippen MR) is 101 cm³/mol. The molecule has 2 aliphatic heterocycles.